The Labute approximate surface area is 143 Å². The Morgan fingerprint density at radius 1 is 1.04 bits per heavy atom. The Bertz CT molecular complexity index is 802. The topological polar surface area (TPSA) is 55.8 Å². The van der Waals surface area contributed by atoms with Crippen molar-refractivity contribution >= 4 is 10.0 Å². The molecule has 0 aliphatic rings. The van der Waals surface area contributed by atoms with Crippen LogP contribution in [0.4, 0.5) is 0 Å². The van der Waals surface area contributed by atoms with Gasteiger partial charge in [-0.3, -0.25) is 0 Å². The van der Waals surface area contributed by atoms with Gasteiger partial charge in [-0.05, 0) is 48.7 Å². The van der Waals surface area contributed by atoms with E-state index in [1.807, 2.05) is 24.3 Å². The van der Waals surface area contributed by atoms with Crippen molar-refractivity contribution in [3.63, 3.8) is 0 Å². The summed E-state index contributed by atoms with van der Waals surface area (Å²) in [7, 11) is 1.21. The third kappa shape index (κ3) is 3.88. The summed E-state index contributed by atoms with van der Waals surface area (Å²) in [6.07, 6.45) is 0.578. The first-order valence-electron chi connectivity index (χ1n) is 7.63. The van der Waals surface area contributed by atoms with Crippen molar-refractivity contribution in [1.82, 2.24) is 4.31 Å². The van der Waals surface area contributed by atoms with E-state index in [1.54, 1.807) is 46.4 Å². The summed E-state index contributed by atoms with van der Waals surface area (Å²) in [5, 5.41) is 0. The number of rotatable bonds is 7. The average Bonchev–Trinajstić information content (AvgIpc) is 2.59. The van der Waals surface area contributed by atoms with Gasteiger partial charge in [-0.2, -0.15) is 0 Å². The number of hydrogen-bond donors (Lipinski definition) is 0. The first-order valence-corrected chi connectivity index (χ1v) is 9.07. The van der Waals surface area contributed by atoms with E-state index in [-0.39, 0.29) is 0 Å². The van der Waals surface area contributed by atoms with Gasteiger partial charge in [0.25, 0.3) is 0 Å². The number of methoxy groups -OCH3 is 2. The highest BCUT2D eigenvalue weighted by molar-refractivity contribution is 7.89. The maximum absolute atomic E-state index is 12.8. The van der Waals surface area contributed by atoms with Crippen LogP contribution in [0.15, 0.2) is 47.4 Å². The van der Waals surface area contributed by atoms with E-state index >= 15 is 0 Å². The maximum Gasteiger partial charge on any atom is 0.243 e. The lowest BCUT2D eigenvalue weighted by molar-refractivity contribution is 0.405. The van der Waals surface area contributed by atoms with Crippen molar-refractivity contribution in [3.05, 3.63) is 53.6 Å². The standard InChI is InChI=1S/C18H23NO4S/c1-14-13-16(22-3)9-10-18(14)24(20,21)19(2)12-11-15-7-5-6-8-17(15)23-4/h5-10,13H,11-12H2,1-4H3. The lowest BCUT2D eigenvalue weighted by atomic mass is 10.1. The van der Waals surface area contributed by atoms with E-state index in [9.17, 15) is 8.42 Å². The fourth-order valence-corrected chi connectivity index (χ4v) is 3.89. The average molecular weight is 349 g/mol. The molecule has 0 aliphatic heterocycles. The van der Waals surface area contributed by atoms with Crippen LogP contribution in [0.3, 0.4) is 0 Å². The molecular weight excluding hydrogens is 326 g/mol. The van der Waals surface area contributed by atoms with Gasteiger partial charge in [0.05, 0.1) is 19.1 Å². The molecule has 24 heavy (non-hydrogen) atoms. The number of benzene rings is 2. The molecule has 0 N–H and O–H groups in total. The maximum atomic E-state index is 12.8. The van der Waals surface area contributed by atoms with Crippen molar-refractivity contribution in [2.45, 2.75) is 18.2 Å². The molecule has 0 aromatic heterocycles. The lowest BCUT2D eigenvalue weighted by Crippen LogP contribution is -2.29. The van der Waals surface area contributed by atoms with E-state index in [4.69, 9.17) is 9.47 Å². The van der Waals surface area contributed by atoms with Crippen molar-refractivity contribution in [1.29, 1.82) is 0 Å². The first kappa shape index (κ1) is 18.3. The van der Waals surface area contributed by atoms with Crippen LogP contribution in [0.2, 0.25) is 0 Å². The Kier molecular flexibility index (Phi) is 5.85. The second-order valence-electron chi connectivity index (χ2n) is 5.52. The molecule has 5 nitrogen and oxygen atoms in total. The highest BCUT2D eigenvalue weighted by Gasteiger charge is 2.23. The molecule has 0 aliphatic carbocycles. The third-order valence-corrected chi connectivity index (χ3v) is 5.98. The molecule has 2 rings (SSSR count). The highest BCUT2D eigenvalue weighted by Crippen LogP contribution is 2.24. The Morgan fingerprint density at radius 2 is 1.75 bits per heavy atom. The quantitative estimate of drug-likeness (QED) is 0.771. The molecular formula is C18H23NO4S. The van der Waals surface area contributed by atoms with Crippen molar-refractivity contribution in [2.24, 2.45) is 0 Å². The third-order valence-electron chi connectivity index (χ3n) is 3.96. The Hall–Kier alpha value is -2.05. The van der Waals surface area contributed by atoms with Crippen molar-refractivity contribution in [3.8, 4) is 11.5 Å². The number of sulfonamides is 1. The van der Waals surface area contributed by atoms with Crippen LogP contribution >= 0.6 is 0 Å². The van der Waals surface area contributed by atoms with Crippen molar-refractivity contribution in [2.75, 3.05) is 27.8 Å². The second-order valence-corrected chi connectivity index (χ2v) is 7.53. The summed E-state index contributed by atoms with van der Waals surface area (Å²) >= 11 is 0. The fraction of sp³-hybridized carbons (Fsp3) is 0.333. The first-order chi connectivity index (χ1) is 11.4. The van der Waals surface area contributed by atoms with Gasteiger partial charge in [0, 0.05) is 13.6 Å². The summed E-state index contributed by atoms with van der Waals surface area (Å²) in [4.78, 5) is 0.297. The molecule has 0 radical (unpaired) electrons. The molecule has 0 saturated carbocycles. The van der Waals surface area contributed by atoms with Gasteiger partial charge < -0.3 is 9.47 Å². The van der Waals surface area contributed by atoms with E-state index < -0.39 is 10.0 Å². The van der Waals surface area contributed by atoms with Crippen LogP contribution in [0.5, 0.6) is 11.5 Å². The summed E-state index contributed by atoms with van der Waals surface area (Å²) < 4.78 is 37.4. The van der Waals surface area contributed by atoms with Crippen LogP contribution in [-0.4, -0.2) is 40.5 Å². The van der Waals surface area contributed by atoms with Crippen LogP contribution in [-0.2, 0) is 16.4 Å². The molecule has 2 aromatic rings. The Morgan fingerprint density at radius 3 is 2.38 bits per heavy atom. The summed E-state index contributed by atoms with van der Waals surface area (Å²) in [6.45, 7) is 2.14. The van der Waals surface area contributed by atoms with Gasteiger partial charge in [-0.15, -0.1) is 0 Å². The molecule has 0 saturated heterocycles. The number of para-hydroxylation sites is 1. The molecule has 6 heteroatoms. The van der Waals surface area contributed by atoms with E-state index in [0.29, 0.717) is 29.2 Å². The zero-order valence-electron chi connectivity index (χ0n) is 14.4. The van der Waals surface area contributed by atoms with Crippen molar-refractivity contribution < 1.29 is 17.9 Å². The fourth-order valence-electron chi connectivity index (χ4n) is 2.51. The van der Waals surface area contributed by atoms with Crippen LogP contribution in [0.1, 0.15) is 11.1 Å². The van der Waals surface area contributed by atoms with Crippen LogP contribution in [0, 0.1) is 6.92 Å². The van der Waals surface area contributed by atoms with Gasteiger partial charge in [-0.1, -0.05) is 18.2 Å². The lowest BCUT2D eigenvalue weighted by Gasteiger charge is -2.19. The molecule has 0 amide bonds. The molecule has 2 aromatic carbocycles. The number of hydrogen-bond acceptors (Lipinski definition) is 4. The van der Waals surface area contributed by atoms with Gasteiger partial charge in [0.1, 0.15) is 11.5 Å². The minimum atomic E-state index is -3.55. The molecule has 0 fully saturated rings. The minimum Gasteiger partial charge on any atom is -0.497 e. The molecule has 0 unspecified atom stereocenters. The largest absolute Gasteiger partial charge is 0.497 e. The molecule has 0 heterocycles. The number of ether oxygens (including phenoxy) is 2. The van der Waals surface area contributed by atoms with E-state index in [1.165, 1.54) is 4.31 Å². The minimum absolute atomic E-state index is 0.297. The second kappa shape index (κ2) is 7.68. The summed E-state index contributed by atoms with van der Waals surface area (Å²) in [5.74, 6) is 1.41. The smallest absolute Gasteiger partial charge is 0.243 e. The SMILES string of the molecule is COc1ccc(S(=O)(=O)N(C)CCc2ccccc2OC)c(C)c1. The molecule has 0 spiro atoms. The number of likely N-dealkylation sites (N-methyl/N-ethyl adjacent to an activating group) is 1. The molecule has 0 atom stereocenters. The molecule has 0 bridgehead atoms. The monoisotopic (exact) mass is 349 g/mol. The number of nitrogens with zero attached hydrogens (tertiary/aromatic N) is 1. The van der Waals surface area contributed by atoms with Gasteiger partial charge in [0.2, 0.25) is 10.0 Å². The Balaban J connectivity index is 2.17. The molecule has 130 valence electrons. The van der Waals surface area contributed by atoms with Gasteiger partial charge in [-0.25, -0.2) is 12.7 Å². The van der Waals surface area contributed by atoms with Gasteiger partial charge in [0.15, 0.2) is 0 Å². The highest BCUT2D eigenvalue weighted by atomic mass is 32.2. The van der Waals surface area contributed by atoms with Crippen LogP contribution in [0.25, 0.3) is 0 Å². The van der Waals surface area contributed by atoms with E-state index in [0.717, 1.165) is 11.3 Å². The predicted molar refractivity (Wildman–Crippen MR) is 94.2 cm³/mol. The normalized spacial score (nSPS) is 11.5. The summed E-state index contributed by atoms with van der Waals surface area (Å²) in [5.41, 5.74) is 1.65. The zero-order valence-corrected chi connectivity index (χ0v) is 15.3. The van der Waals surface area contributed by atoms with Crippen LogP contribution < -0.4 is 9.47 Å². The summed E-state index contributed by atoms with van der Waals surface area (Å²) in [6, 6.07) is 12.6. The zero-order chi connectivity index (χ0) is 17.7. The van der Waals surface area contributed by atoms with Gasteiger partial charge >= 0.3 is 0 Å². The predicted octanol–water partition coefficient (Wildman–Crippen LogP) is 2.88. The number of aryl methyl sites for hydroxylation is 1. The van der Waals surface area contributed by atoms with E-state index in [2.05, 4.69) is 0 Å².